The highest BCUT2D eigenvalue weighted by Crippen LogP contribution is 2.21. The Balaban J connectivity index is 1.58. The molecule has 4 aromatic rings. The van der Waals surface area contributed by atoms with Gasteiger partial charge in [-0.25, -0.2) is 0 Å². The molecule has 8 nitrogen and oxygen atoms in total. The second-order valence-electron chi connectivity index (χ2n) is 7.48. The fourth-order valence-corrected chi connectivity index (χ4v) is 3.70. The van der Waals surface area contributed by atoms with E-state index in [0.717, 1.165) is 16.5 Å². The zero-order valence-corrected chi connectivity index (χ0v) is 18.3. The van der Waals surface area contributed by atoms with Crippen molar-refractivity contribution < 1.29 is 14.1 Å². The topological polar surface area (TPSA) is 113 Å². The van der Waals surface area contributed by atoms with Gasteiger partial charge in [0.2, 0.25) is 11.8 Å². The van der Waals surface area contributed by atoms with Crippen molar-refractivity contribution in [3.8, 4) is 0 Å². The van der Waals surface area contributed by atoms with Crippen LogP contribution in [0.5, 0.6) is 0 Å². The van der Waals surface area contributed by atoms with Gasteiger partial charge in [-0.15, -0.1) is 0 Å². The molecule has 2 aromatic heterocycles. The number of amides is 2. The van der Waals surface area contributed by atoms with Crippen LogP contribution in [0, 0.1) is 6.92 Å². The van der Waals surface area contributed by atoms with E-state index in [9.17, 15) is 9.59 Å². The van der Waals surface area contributed by atoms with Crippen LogP contribution >= 0.6 is 11.6 Å². The minimum Gasteiger partial charge on any atom is -0.361 e. The maximum atomic E-state index is 13.2. The van der Waals surface area contributed by atoms with Gasteiger partial charge in [0.25, 0.3) is 5.91 Å². The molecule has 2 atom stereocenters. The Morgan fingerprint density at radius 3 is 2.62 bits per heavy atom. The largest absolute Gasteiger partial charge is 0.361 e. The number of carbonyl (C=O) groups excluding carboxylic acids is 2. The van der Waals surface area contributed by atoms with Crippen LogP contribution in [0.2, 0.25) is 5.02 Å². The fraction of sp³-hybridized carbons (Fsp3) is 0.217. The summed E-state index contributed by atoms with van der Waals surface area (Å²) in [6.45, 7) is 3.44. The number of hydrogen-bond acceptors (Lipinski definition) is 5. The SMILES string of the molecule is Cc1noc(C(C)NC(=O)C(Cc2c[nH]c3ccccc23)NC(=O)c2ccccc2Cl)n1. The van der Waals surface area contributed by atoms with Gasteiger partial charge in [0.1, 0.15) is 12.1 Å². The molecule has 2 amide bonds. The first-order chi connectivity index (χ1) is 15.4. The third-order valence-electron chi connectivity index (χ3n) is 5.11. The summed E-state index contributed by atoms with van der Waals surface area (Å²) in [5.41, 5.74) is 2.15. The maximum absolute atomic E-state index is 13.2. The molecule has 0 fully saturated rings. The lowest BCUT2D eigenvalue weighted by Crippen LogP contribution is -2.48. The van der Waals surface area contributed by atoms with Crippen molar-refractivity contribution >= 4 is 34.3 Å². The average Bonchev–Trinajstić information content (AvgIpc) is 3.40. The maximum Gasteiger partial charge on any atom is 0.253 e. The summed E-state index contributed by atoms with van der Waals surface area (Å²) in [7, 11) is 0. The summed E-state index contributed by atoms with van der Waals surface area (Å²) >= 11 is 6.18. The zero-order chi connectivity index (χ0) is 22.7. The Kier molecular flexibility index (Phi) is 6.23. The van der Waals surface area contributed by atoms with Crippen LogP contribution in [0.3, 0.4) is 0 Å². The van der Waals surface area contributed by atoms with Gasteiger partial charge < -0.3 is 20.1 Å². The second kappa shape index (κ2) is 9.23. The molecule has 2 heterocycles. The number of hydrogen-bond donors (Lipinski definition) is 3. The van der Waals surface area contributed by atoms with E-state index in [1.54, 1.807) is 38.1 Å². The first-order valence-corrected chi connectivity index (χ1v) is 10.5. The van der Waals surface area contributed by atoms with Crippen LogP contribution in [0.1, 0.15) is 40.6 Å². The summed E-state index contributed by atoms with van der Waals surface area (Å²) in [5, 5.41) is 10.7. The number of fused-ring (bicyclic) bond motifs is 1. The van der Waals surface area contributed by atoms with E-state index in [2.05, 4.69) is 25.8 Å². The molecule has 3 N–H and O–H groups in total. The number of nitrogens with one attached hydrogen (secondary N) is 3. The number of carbonyl (C=O) groups is 2. The predicted octanol–water partition coefficient (Wildman–Crippen LogP) is 3.73. The van der Waals surface area contributed by atoms with E-state index in [0.29, 0.717) is 22.3 Å². The molecule has 164 valence electrons. The van der Waals surface area contributed by atoms with E-state index >= 15 is 0 Å². The Labute approximate surface area is 189 Å². The lowest BCUT2D eigenvalue weighted by atomic mass is 10.0. The molecule has 0 saturated carbocycles. The van der Waals surface area contributed by atoms with E-state index < -0.39 is 18.0 Å². The standard InChI is InChI=1S/C23H22ClN5O3/c1-13(23-27-14(2)29-32-23)26-22(31)20(28-21(30)17-8-3-5-9-18(17)24)11-15-12-25-19-10-6-4-7-16(15)19/h3-10,12-13,20,25H,11H2,1-2H3,(H,26,31)(H,28,30). The monoisotopic (exact) mass is 451 g/mol. The number of halogens is 1. The molecular formula is C23H22ClN5O3. The molecule has 9 heteroatoms. The van der Waals surface area contributed by atoms with Crippen LogP contribution in [-0.4, -0.2) is 33.0 Å². The molecule has 0 saturated heterocycles. The van der Waals surface area contributed by atoms with E-state index in [4.69, 9.17) is 16.1 Å². The van der Waals surface area contributed by atoms with E-state index in [-0.39, 0.29) is 12.3 Å². The number of aryl methyl sites for hydroxylation is 1. The van der Waals surface area contributed by atoms with Crippen LogP contribution in [0.4, 0.5) is 0 Å². The number of aromatic nitrogens is 3. The smallest absolute Gasteiger partial charge is 0.253 e. The van der Waals surface area contributed by atoms with Crippen LogP contribution in [-0.2, 0) is 11.2 Å². The lowest BCUT2D eigenvalue weighted by molar-refractivity contribution is -0.123. The summed E-state index contributed by atoms with van der Waals surface area (Å²) in [5.74, 6) is -0.0431. The third-order valence-corrected chi connectivity index (χ3v) is 5.44. The first kappa shape index (κ1) is 21.6. The highest BCUT2D eigenvalue weighted by atomic mass is 35.5. The summed E-state index contributed by atoms with van der Waals surface area (Å²) in [6, 6.07) is 13.1. The molecule has 4 rings (SSSR count). The number of rotatable bonds is 7. The van der Waals surface area contributed by atoms with Gasteiger partial charge in [-0.05, 0) is 37.6 Å². The molecular weight excluding hydrogens is 430 g/mol. The highest BCUT2D eigenvalue weighted by molar-refractivity contribution is 6.33. The van der Waals surface area contributed by atoms with Crippen LogP contribution < -0.4 is 10.6 Å². The first-order valence-electron chi connectivity index (χ1n) is 10.1. The Hall–Kier alpha value is -3.65. The molecule has 0 aliphatic rings. The summed E-state index contributed by atoms with van der Waals surface area (Å²) in [4.78, 5) is 33.5. The van der Waals surface area contributed by atoms with Crippen molar-refractivity contribution in [2.24, 2.45) is 0 Å². The second-order valence-corrected chi connectivity index (χ2v) is 7.89. The molecule has 2 aromatic carbocycles. The van der Waals surface area contributed by atoms with Gasteiger partial charge in [0.05, 0.1) is 10.6 Å². The van der Waals surface area contributed by atoms with Crippen LogP contribution in [0.15, 0.2) is 59.3 Å². The van der Waals surface area contributed by atoms with Crippen LogP contribution in [0.25, 0.3) is 10.9 Å². The number of H-pyrrole nitrogens is 1. The van der Waals surface area contributed by atoms with Gasteiger partial charge in [0.15, 0.2) is 5.82 Å². The van der Waals surface area contributed by atoms with Crippen molar-refractivity contribution in [1.82, 2.24) is 25.8 Å². The Morgan fingerprint density at radius 2 is 1.88 bits per heavy atom. The number of nitrogens with zero attached hydrogens (tertiary/aromatic N) is 2. The molecule has 0 aliphatic carbocycles. The Bertz CT molecular complexity index is 1270. The Morgan fingerprint density at radius 1 is 1.12 bits per heavy atom. The highest BCUT2D eigenvalue weighted by Gasteiger charge is 2.26. The van der Waals surface area contributed by atoms with E-state index in [1.165, 1.54) is 0 Å². The van der Waals surface area contributed by atoms with Gasteiger partial charge in [0, 0.05) is 23.5 Å². The lowest BCUT2D eigenvalue weighted by Gasteiger charge is -2.20. The fourth-order valence-electron chi connectivity index (χ4n) is 3.48. The predicted molar refractivity (Wildman–Crippen MR) is 120 cm³/mol. The summed E-state index contributed by atoms with van der Waals surface area (Å²) in [6.07, 6.45) is 2.12. The molecule has 0 spiro atoms. The van der Waals surface area contributed by atoms with Crippen molar-refractivity contribution in [3.05, 3.63) is 82.6 Å². The van der Waals surface area contributed by atoms with Crippen molar-refractivity contribution in [1.29, 1.82) is 0 Å². The number of benzene rings is 2. The zero-order valence-electron chi connectivity index (χ0n) is 17.6. The minimum atomic E-state index is -0.857. The molecule has 2 unspecified atom stereocenters. The molecule has 32 heavy (non-hydrogen) atoms. The average molecular weight is 452 g/mol. The van der Waals surface area contributed by atoms with Gasteiger partial charge in [-0.2, -0.15) is 4.98 Å². The van der Waals surface area contributed by atoms with Crippen molar-refractivity contribution in [2.75, 3.05) is 0 Å². The minimum absolute atomic E-state index is 0.279. The normalized spacial score (nSPS) is 13.0. The van der Waals surface area contributed by atoms with Gasteiger partial charge in [-0.1, -0.05) is 47.1 Å². The summed E-state index contributed by atoms with van der Waals surface area (Å²) < 4.78 is 5.15. The van der Waals surface area contributed by atoms with Crippen molar-refractivity contribution in [3.63, 3.8) is 0 Å². The number of aromatic amines is 1. The molecule has 0 radical (unpaired) electrons. The molecule has 0 bridgehead atoms. The number of para-hydroxylation sites is 1. The van der Waals surface area contributed by atoms with E-state index in [1.807, 2.05) is 30.5 Å². The quantitative estimate of drug-likeness (QED) is 0.396. The molecule has 0 aliphatic heterocycles. The van der Waals surface area contributed by atoms with Crippen molar-refractivity contribution in [2.45, 2.75) is 32.4 Å². The third kappa shape index (κ3) is 4.65. The van der Waals surface area contributed by atoms with Gasteiger partial charge in [-0.3, -0.25) is 9.59 Å². The van der Waals surface area contributed by atoms with Gasteiger partial charge >= 0.3 is 0 Å².